The summed E-state index contributed by atoms with van der Waals surface area (Å²) < 4.78 is 57.4. The number of hydrogen-bond donors (Lipinski definition) is 1. The van der Waals surface area contributed by atoms with Crippen LogP contribution >= 0.6 is 0 Å². The zero-order valence-electron chi connectivity index (χ0n) is 18.9. The van der Waals surface area contributed by atoms with E-state index < -0.39 is 10.0 Å². The lowest BCUT2D eigenvalue weighted by Crippen LogP contribution is -2.40. The molecule has 34 heavy (non-hydrogen) atoms. The number of rotatable bonds is 10. The molecule has 0 saturated carbocycles. The van der Waals surface area contributed by atoms with Gasteiger partial charge in [-0.25, -0.2) is 12.8 Å². The molecule has 11 heteroatoms. The van der Waals surface area contributed by atoms with Gasteiger partial charge in [-0.1, -0.05) is 18.5 Å². The number of sulfonamides is 1. The highest BCUT2D eigenvalue weighted by atomic mass is 32.2. The molecule has 1 N–H and O–H groups in total. The van der Waals surface area contributed by atoms with Crippen LogP contribution in [-0.2, 0) is 27.7 Å². The Morgan fingerprint density at radius 3 is 2.65 bits per heavy atom. The molecule has 0 aliphatic carbocycles. The predicted octanol–water partition coefficient (Wildman–Crippen LogP) is 3.98. The second kappa shape index (κ2) is 10.9. The number of morpholine rings is 1. The monoisotopic (exact) mass is 490 g/mol. The predicted molar refractivity (Wildman–Crippen MR) is 123 cm³/mol. The summed E-state index contributed by atoms with van der Waals surface area (Å²) in [7, 11) is -3.71. The van der Waals surface area contributed by atoms with Crippen LogP contribution in [0.25, 0.3) is 0 Å². The Hall–Kier alpha value is -3.02. The van der Waals surface area contributed by atoms with E-state index in [0.717, 1.165) is 19.3 Å². The van der Waals surface area contributed by atoms with E-state index in [9.17, 15) is 12.8 Å². The maximum absolute atomic E-state index is 13.3. The Morgan fingerprint density at radius 1 is 1.15 bits per heavy atom. The van der Waals surface area contributed by atoms with Crippen LogP contribution in [0.2, 0.25) is 0 Å². The van der Waals surface area contributed by atoms with Crippen LogP contribution in [0.1, 0.15) is 31.5 Å². The second-order valence-corrected chi connectivity index (χ2v) is 9.73. The molecule has 0 amide bonds. The molecular weight excluding hydrogens is 463 g/mol. The van der Waals surface area contributed by atoms with Crippen LogP contribution in [0.15, 0.2) is 51.9 Å². The molecule has 0 bridgehead atoms. The zero-order valence-corrected chi connectivity index (χ0v) is 19.7. The van der Waals surface area contributed by atoms with Gasteiger partial charge in [-0.15, -0.1) is 0 Å². The smallest absolute Gasteiger partial charge is 0.245 e. The topological polar surface area (TPSA) is 107 Å². The standard InChI is InChI=1S/C23H27FN4O5S/c1-2-3-4-22-26-23(33-27-22)16-25-20-15-19(34(29,30)28-11-13-31-14-12-28)9-10-21(20)32-18-7-5-17(24)6-8-18/h5-10,15,25H,2-4,11-14,16H2,1H3. The highest BCUT2D eigenvalue weighted by Gasteiger charge is 2.27. The van der Waals surface area contributed by atoms with Crippen molar-refractivity contribution in [2.45, 2.75) is 37.6 Å². The van der Waals surface area contributed by atoms with Crippen LogP contribution in [0, 0.1) is 5.82 Å². The number of aryl methyl sites for hydroxylation is 1. The van der Waals surface area contributed by atoms with E-state index in [2.05, 4.69) is 22.4 Å². The van der Waals surface area contributed by atoms with Gasteiger partial charge in [0, 0.05) is 19.5 Å². The molecule has 0 unspecified atom stereocenters. The molecule has 2 aromatic carbocycles. The molecule has 182 valence electrons. The van der Waals surface area contributed by atoms with Crippen LogP contribution in [0.5, 0.6) is 11.5 Å². The van der Waals surface area contributed by atoms with Gasteiger partial charge in [0.25, 0.3) is 0 Å². The van der Waals surface area contributed by atoms with Crippen LogP contribution in [0.3, 0.4) is 0 Å². The van der Waals surface area contributed by atoms with E-state index >= 15 is 0 Å². The van der Waals surface area contributed by atoms with Crippen molar-refractivity contribution in [1.29, 1.82) is 0 Å². The zero-order chi connectivity index (χ0) is 24.0. The molecule has 1 aromatic heterocycles. The third-order valence-electron chi connectivity index (χ3n) is 5.29. The lowest BCUT2D eigenvalue weighted by atomic mass is 10.2. The molecule has 3 aromatic rings. The minimum Gasteiger partial charge on any atom is -0.455 e. The fourth-order valence-electron chi connectivity index (χ4n) is 3.43. The summed E-state index contributed by atoms with van der Waals surface area (Å²) in [5.74, 6) is 1.41. The number of unbranched alkanes of at least 4 members (excludes halogenated alkanes) is 1. The normalized spacial score (nSPS) is 14.8. The van der Waals surface area contributed by atoms with E-state index in [-0.39, 0.29) is 17.3 Å². The second-order valence-electron chi connectivity index (χ2n) is 7.79. The summed E-state index contributed by atoms with van der Waals surface area (Å²) in [6.45, 7) is 3.56. The number of ether oxygens (including phenoxy) is 2. The van der Waals surface area contributed by atoms with Gasteiger partial charge in [-0.3, -0.25) is 0 Å². The average Bonchev–Trinajstić information content (AvgIpc) is 3.31. The van der Waals surface area contributed by atoms with Gasteiger partial charge in [0.15, 0.2) is 11.6 Å². The highest BCUT2D eigenvalue weighted by molar-refractivity contribution is 7.89. The maximum Gasteiger partial charge on any atom is 0.245 e. The first kappa shape index (κ1) is 24.1. The summed E-state index contributed by atoms with van der Waals surface area (Å²) in [4.78, 5) is 4.49. The van der Waals surface area contributed by atoms with Crippen LogP contribution in [-0.4, -0.2) is 49.2 Å². The van der Waals surface area contributed by atoms with Crippen molar-refractivity contribution in [3.63, 3.8) is 0 Å². The van der Waals surface area contributed by atoms with Crippen molar-refractivity contribution in [2.24, 2.45) is 0 Å². The largest absolute Gasteiger partial charge is 0.455 e. The van der Waals surface area contributed by atoms with Gasteiger partial charge in [0.1, 0.15) is 11.6 Å². The third kappa shape index (κ3) is 5.91. The molecule has 1 saturated heterocycles. The Balaban J connectivity index is 1.58. The number of benzene rings is 2. The molecule has 4 rings (SSSR count). The van der Waals surface area contributed by atoms with Crippen molar-refractivity contribution < 1.29 is 26.8 Å². The minimum absolute atomic E-state index is 0.123. The molecule has 1 aliphatic heterocycles. The molecule has 0 spiro atoms. The van der Waals surface area contributed by atoms with Crippen molar-refractivity contribution in [3.8, 4) is 11.5 Å². The van der Waals surface area contributed by atoms with Crippen molar-refractivity contribution in [2.75, 3.05) is 31.6 Å². The van der Waals surface area contributed by atoms with E-state index in [0.29, 0.717) is 55.2 Å². The van der Waals surface area contributed by atoms with Crippen molar-refractivity contribution in [1.82, 2.24) is 14.4 Å². The summed E-state index contributed by atoms with van der Waals surface area (Å²) in [6.07, 6.45) is 2.71. The van der Waals surface area contributed by atoms with E-state index in [1.807, 2.05) is 0 Å². The lowest BCUT2D eigenvalue weighted by Gasteiger charge is -2.26. The Morgan fingerprint density at radius 2 is 1.91 bits per heavy atom. The average molecular weight is 491 g/mol. The summed E-state index contributed by atoms with van der Waals surface area (Å²) >= 11 is 0. The quantitative estimate of drug-likeness (QED) is 0.455. The molecule has 1 fully saturated rings. The van der Waals surface area contributed by atoms with Gasteiger partial charge < -0.3 is 19.3 Å². The van der Waals surface area contributed by atoms with E-state index in [1.165, 1.54) is 40.7 Å². The molecular formula is C23H27FN4O5S. The van der Waals surface area contributed by atoms with Crippen molar-refractivity contribution >= 4 is 15.7 Å². The summed E-state index contributed by atoms with van der Waals surface area (Å²) in [6, 6.07) is 10.1. The number of nitrogens with zero attached hydrogens (tertiary/aromatic N) is 3. The fourth-order valence-corrected chi connectivity index (χ4v) is 4.87. The van der Waals surface area contributed by atoms with E-state index in [4.69, 9.17) is 14.0 Å². The van der Waals surface area contributed by atoms with Crippen LogP contribution < -0.4 is 10.1 Å². The molecule has 1 aliphatic rings. The number of aromatic nitrogens is 2. The molecule has 0 atom stereocenters. The Kier molecular flexibility index (Phi) is 7.76. The molecule has 0 radical (unpaired) electrons. The summed E-state index contributed by atoms with van der Waals surface area (Å²) in [5, 5.41) is 7.12. The van der Waals surface area contributed by atoms with Crippen molar-refractivity contribution in [3.05, 3.63) is 60.0 Å². The number of hydrogen-bond acceptors (Lipinski definition) is 8. The lowest BCUT2D eigenvalue weighted by molar-refractivity contribution is 0.0730. The summed E-state index contributed by atoms with van der Waals surface area (Å²) in [5.41, 5.74) is 0.423. The van der Waals surface area contributed by atoms with Gasteiger partial charge >= 0.3 is 0 Å². The minimum atomic E-state index is -3.71. The molecule has 2 heterocycles. The van der Waals surface area contributed by atoms with Gasteiger partial charge in [-0.05, 0) is 48.9 Å². The number of anilines is 1. The van der Waals surface area contributed by atoms with Gasteiger partial charge in [-0.2, -0.15) is 9.29 Å². The Bertz CT molecular complexity index is 1190. The number of nitrogens with one attached hydrogen (secondary N) is 1. The van der Waals surface area contributed by atoms with Gasteiger partial charge in [0.05, 0.1) is 30.3 Å². The van der Waals surface area contributed by atoms with Crippen LogP contribution in [0.4, 0.5) is 10.1 Å². The first-order valence-corrected chi connectivity index (χ1v) is 12.6. The first-order valence-electron chi connectivity index (χ1n) is 11.2. The third-order valence-corrected chi connectivity index (χ3v) is 7.19. The number of halogens is 1. The molecule has 9 nitrogen and oxygen atoms in total. The highest BCUT2D eigenvalue weighted by Crippen LogP contribution is 2.33. The van der Waals surface area contributed by atoms with E-state index in [1.54, 1.807) is 6.07 Å². The van der Waals surface area contributed by atoms with Gasteiger partial charge in [0.2, 0.25) is 15.9 Å². The Labute approximate surface area is 197 Å². The first-order chi connectivity index (χ1) is 16.5. The SMILES string of the molecule is CCCCc1noc(CNc2cc(S(=O)(=O)N3CCOCC3)ccc2Oc2ccc(F)cc2)n1. The fraction of sp³-hybridized carbons (Fsp3) is 0.391. The maximum atomic E-state index is 13.3.